The number of carbonyl (C=O) groups excluding carboxylic acids is 1. The number of nitrogens with one attached hydrogen (secondary N) is 1. The fraction of sp³-hybridized carbons (Fsp3) is 0.565. The molecule has 1 aromatic heterocycles. The Labute approximate surface area is 180 Å². The van der Waals surface area contributed by atoms with Crippen LogP contribution in [0.1, 0.15) is 56.4 Å². The smallest absolute Gasteiger partial charge is 0.276 e. The first-order chi connectivity index (χ1) is 14.8. The maximum absolute atomic E-state index is 13.6. The minimum absolute atomic E-state index is 0.0300. The van der Waals surface area contributed by atoms with E-state index < -0.39 is 17.9 Å². The maximum Gasteiger partial charge on any atom is 0.276 e. The molecule has 2 fully saturated rings. The average Bonchev–Trinajstić information content (AvgIpc) is 3.43. The molecule has 0 bridgehead atoms. The van der Waals surface area contributed by atoms with E-state index in [1.165, 1.54) is 25.0 Å². The molecule has 1 saturated heterocycles. The molecule has 1 aliphatic carbocycles. The molecular formula is C23H29F2N3O3. The number of carbonyl (C=O) groups is 1. The van der Waals surface area contributed by atoms with Crippen molar-refractivity contribution in [3.63, 3.8) is 0 Å². The van der Waals surface area contributed by atoms with Gasteiger partial charge in [0.15, 0.2) is 23.1 Å². The van der Waals surface area contributed by atoms with Crippen molar-refractivity contribution in [2.45, 2.75) is 64.3 Å². The number of aliphatic hydroxyl groups is 1. The zero-order valence-corrected chi connectivity index (χ0v) is 17.9. The summed E-state index contributed by atoms with van der Waals surface area (Å²) in [7, 11) is 0. The number of benzene rings is 1. The van der Waals surface area contributed by atoms with E-state index in [9.17, 15) is 18.7 Å². The van der Waals surface area contributed by atoms with Crippen molar-refractivity contribution < 1.29 is 23.2 Å². The summed E-state index contributed by atoms with van der Waals surface area (Å²) in [5, 5.41) is 18.1. The second-order valence-electron chi connectivity index (χ2n) is 9.12. The predicted octanol–water partition coefficient (Wildman–Crippen LogP) is 3.96. The molecule has 1 amide bonds. The van der Waals surface area contributed by atoms with Gasteiger partial charge in [0.1, 0.15) is 6.23 Å². The second-order valence-corrected chi connectivity index (χ2v) is 9.12. The topological polar surface area (TPSA) is 78.6 Å². The molecule has 6 nitrogen and oxygen atoms in total. The highest BCUT2D eigenvalue weighted by Gasteiger charge is 2.41. The van der Waals surface area contributed by atoms with Gasteiger partial charge in [0.05, 0.1) is 6.04 Å². The highest BCUT2D eigenvalue weighted by Crippen LogP contribution is 2.32. The van der Waals surface area contributed by atoms with E-state index in [0.717, 1.165) is 25.0 Å². The average molecular weight is 433 g/mol. The van der Waals surface area contributed by atoms with Crippen molar-refractivity contribution in [3.8, 4) is 11.3 Å². The highest BCUT2D eigenvalue weighted by molar-refractivity contribution is 5.93. The third-order valence-electron chi connectivity index (χ3n) is 6.42. The lowest BCUT2D eigenvalue weighted by Gasteiger charge is -2.45. The minimum Gasteiger partial charge on any atom is -0.376 e. The van der Waals surface area contributed by atoms with Gasteiger partial charge < -0.3 is 14.5 Å². The number of piperazine rings is 1. The normalized spacial score (nSPS) is 24.8. The highest BCUT2D eigenvalue weighted by atomic mass is 19.2. The van der Waals surface area contributed by atoms with Crippen molar-refractivity contribution in [2.24, 2.45) is 11.8 Å². The quantitative estimate of drug-likeness (QED) is 0.746. The Bertz CT molecular complexity index is 927. The molecule has 0 radical (unpaired) electrons. The summed E-state index contributed by atoms with van der Waals surface area (Å²) < 4.78 is 32.1. The largest absolute Gasteiger partial charge is 0.376 e. The van der Waals surface area contributed by atoms with Crippen molar-refractivity contribution in [2.75, 3.05) is 6.54 Å². The molecule has 31 heavy (non-hydrogen) atoms. The van der Waals surface area contributed by atoms with E-state index in [1.54, 1.807) is 4.90 Å². The molecule has 4 rings (SSSR count). The van der Waals surface area contributed by atoms with Crippen LogP contribution in [0.2, 0.25) is 0 Å². The fourth-order valence-electron chi connectivity index (χ4n) is 4.83. The molecular weight excluding hydrogens is 404 g/mol. The third-order valence-corrected chi connectivity index (χ3v) is 6.42. The molecule has 1 unspecified atom stereocenters. The Morgan fingerprint density at radius 3 is 2.68 bits per heavy atom. The van der Waals surface area contributed by atoms with Crippen molar-refractivity contribution >= 4 is 5.91 Å². The molecule has 2 aliphatic rings. The fourth-order valence-corrected chi connectivity index (χ4v) is 4.83. The lowest BCUT2D eigenvalue weighted by atomic mass is 9.91. The number of hydrogen-bond acceptors (Lipinski definition) is 5. The first kappa shape index (κ1) is 21.9. The number of rotatable bonds is 5. The summed E-state index contributed by atoms with van der Waals surface area (Å²) in [6.07, 6.45) is 4.34. The van der Waals surface area contributed by atoms with Gasteiger partial charge in [0.25, 0.3) is 5.91 Å². The van der Waals surface area contributed by atoms with Gasteiger partial charge in [0.2, 0.25) is 0 Å². The summed E-state index contributed by atoms with van der Waals surface area (Å²) in [4.78, 5) is 15.1. The van der Waals surface area contributed by atoms with Gasteiger partial charge in [-0.05, 0) is 49.3 Å². The summed E-state index contributed by atoms with van der Waals surface area (Å²) in [5.41, 5.74) is 0.390. The molecule has 2 N–H and O–H groups in total. The third kappa shape index (κ3) is 4.65. The van der Waals surface area contributed by atoms with Gasteiger partial charge in [-0.2, -0.15) is 0 Å². The van der Waals surface area contributed by atoms with E-state index in [4.69, 9.17) is 4.52 Å². The Balaban J connectivity index is 1.58. The SMILES string of the molecule is CC(C)C[C@H]1C(O)N[C@@H](C2CCCC2)CN1C(=O)c1cc(-c2ccc(F)c(F)c2)on1. The summed E-state index contributed by atoms with van der Waals surface area (Å²) in [6, 6.07) is 4.48. The van der Waals surface area contributed by atoms with Gasteiger partial charge in [-0.25, -0.2) is 8.78 Å². The molecule has 2 aromatic rings. The van der Waals surface area contributed by atoms with Crippen LogP contribution in [0.3, 0.4) is 0 Å². The molecule has 1 saturated carbocycles. The van der Waals surface area contributed by atoms with Gasteiger partial charge in [-0.3, -0.25) is 10.1 Å². The predicted molar refractivity (Wildman–Crippen MR) is 111 cm³/mol. The molecule has 3 atom stereocenters. The number of halogens is 2. The first-order valence-corrected chi connectivity index (χ1v) is 11.0. The van der Waals surface area contributed by atoms with E-state index in [-0.39, 0.29) is 35.4 Å². The van der Waals surface area contributed by atoms with Crippen LogP contribution in [0.4, 0.5) is 8.78 Å². The number of hydrogen-bond donors (Lipinski definition) is 2. The van der Waals surface area contributed by atoms with Crippen LogP contribution in [0.25, 0.3) is 11.3 Å². The molecule has 2 heterocycles. The lowest BCUT2D eigenvalue weighted by molar-refractivity contribution is -0.0307. The summed E-state index contributed by atoms with van der Waals surface area (Å²) in [5.74, 6) is -1.38. The summed E-state index contributed by atoms with van der Waals surface area (Å²) in [6.45, 7) is 4.59. The zero-order valence-electron chi connectivity index (χ0n) is 17.9. The van der Waals surface area contributed by atoms with Crippen LogP contribution >= 0.6 is 0 Å². The van der Waals surface area contributed by atoms with Gasteiger partial charge >= 0.3 is 0 Å². The molecule has 0 spiro atoms. The lowest BCUT2D eigenvalue weighted by Crippen LogP contribution is -2.65. The number of nitrogens with zero attached hydrogens (tertiary/aromatic N) is 2. The Kier molecular flexibility index (Phi) is 6.39. The van der Waals surface area contributed by atoms with Gasteiger partial charge in [-0.1, -0.05) is 31.8 Å². The monoisotopic (exact) mass is 433 g/mol. The standard InChI is InChI=1S/C23H29F2N3O3/c1-13(2)9-20-22(29)26-19(14-5-3-4-6-14)12-28(20)23(30)18-11-21(31-27-18)15-7-8-16(24)17(25)10-15/h7-8,10-11,13-14,19-20,22,26,29H,3-6,9,12H2,1-2H3/t19-,20+,22?/m1/s1. The number of aromatic nitrogens is 1. The van der Waals surface area contributed by atoms with Crippen LogP contribution < -0.4 is 5.32 Å². The Morgan fingerprint density at radius 2 is 2.00 bits per heavy atom. The molecule has 1 aliphatic heterocycles. The Hall–Kier alpha value is -2.32. The maximum atomic E-state index is 13.6. The zero-order chi connectivity index (χ0) is 22.1. The van der Waals surface area contributed by atoms with E-state index in [0.29, 0.717) is 24.4 Å². The van der Waals surface area contributed by atoms with Crippen LogP contribution in [0.15, 0.2) is 28.8 Å². The molecule has 168 valence electrons. The van der Waals surface area contributed by atoms with Crippen molar-refractivity contribution in [3.05, 3.63) is 41.6 Å². The van der Waals surface area contributed by atoms with E-state index in [2.05, 4.69) is 24.3 Å². The van der Waals surface area contributed by atoms with Crippen LogP contribution in [0, 0.1) is 23.5 Å². The Morgan fingerprint density at radius 1 is 1.26 bits per heavy atom. The van der Waals surface area contributed by atoms with Gasteiger partial charge in [0, 0.05) is 24.2 Å². The van der Waals surface area contributed by atoms with Crippen LogP contribution in [0.5, 0.6) is 0 Å². The van der Waals surface area contributed by atoms with Crippen LogP contribution in [-0.2, 0) is 0 Å². The second kappa shape index (κ2) is 9.04. The van der Waals surface area contributed by atoms with Crippen molar-refractivity contribution in [1.82, 2.24) is 15.4 Å². The number of amides is 1. The van der Waals surface area contributed by atoms with Gasteiger partial charge in [-0.15, -0.1) is 0 Å². The molecule has 1 aromatic carbocycles. The van der Waals surface area contributed by atoms with E-state index >= 15 is 0 Å². The molecule has 8 heteroatoms. The summed E-state index contributed by atoms with van der Waals surface area (Å²) >= 11 is 0. The van der Waals surface area contributed by atoms with Crippen molar-refractivity contribution in [1.29, 1.82) is 0 Å². The van der Waals surface area contributed by atoms with E-state index in [1.807, 2.05) is 0 Å². The minimum atomic E-state index is -0.997. The number of aliphatic hydroxyl groups excluding tert-OH is 1. The van der Waals surface area contributed by atoms with Crippen LogP contribution in [-0.4, -0.2) is 45.9 Å². The first-order valence-electron chi connectivity index (χ1n) is 11.0.